The predicted octanol–water partition coefficient (Wildman–Crippen LogP) is 2.33. The fourth-order valence-corrected chi connectivity index (χ4v) is 1.25. The fraction of sp³-hybridized carbons (Fsp3) is 0.538. The first-order valence-electron chi connectivity index (χ1n) is 6.04. The highest BCUT2D eigenvalue weighted by molar-refractivity contribution is 5.98. The van der Waals surface area contributed by atoms with Gasteiger partial charge < -0.3 is 0 Å². The molecule has 5 nitrogen and oxygen atoms in total. The molecule has 1 atom stereocenters. The van der Waals surface area contributed by atoms with Crippen molar-refractivity contribution in [3.8, 4) is 0 Å². The first-order chi connectivity index (χ1) is 8.65. The van der Waals surface area contributed by atoms with Crippen molar-refractivity contribution in [2.24, 2.45) is 16.1 Å². The summed E-state index contributed by atoms with van der Waals surface area (Å²) in [4.78, 5) is 21.7. The maximum absolute atomic E-state index is 11.0. The minimum absolute atomic E-state index is 0.0369. The highest BCUT2D eigenvalue weighted by Gasteiger charge is 2.24. The molecule has 0 aliphatic carbocycles. The smallest absolute Gasteiger partial charge is 0.229 e. The maximum Gasteiger partial charge on any atom is 0.229 e. The van der Waals surface area contributed by atoms with Crippen molar-refractivity contribution in [3.05, 3.63) is 12.7 Å². The summed E-state index contributed by atoms with van der Waals surface area (Å²) in [6.45, 7) is 12.4. The standard InChI is InChI=1S/C8H11NO2.C3H6N2.C2H6/c1-2-3-6-4-5-7(10)9-8(6)11;1-3-5-4-2;1-2/h2,6H,1,3-5H2,(H,9,10,11);3H,2H2,1H3;1-2H3/b;5-3-;. The van der Waals surface area contributed by atoms with Crippen LogP contribution in [-0.4, -0.2) is 24.7 Å². The minimum Gasteiger partial charge on any atom is -0.296 e. The van der Waals surface area contributed by atoms with Gasteiger partial charge in [-0.25, -0.2) is 0 Å². The van der Waals surface area contributed by atoms with Crippen LogP contribution < -0.4 is 5.32 Å². The van der Waals surface area contributed by atoms with Crippen LogP contribution in [0, 0.1) is 5.92 Å². The lowest BCUT2D eigenvalue weighted by molar-refractivity contribution is -0.136. The van der Waals surface area contributed by atoms with E-state index in [1.807, 2.05) is 13.8 Å². The normalized spacial score (nSPS) is 17.8. The summed E-state index contributed by atoms with van der Waals surface area (Å²) in [6.07, 6.45) is 5.08. The molecule has 0 aromatic carbocycles. The number of nitrogens with zero attached hydrogens (tertiary/aromatic N) is 2. The highest BCUT2D eigenvalue weighted by atomic mass is 16.2. The van der Waals surface area contributed by atoms with Gasteiger partial charge in [0.15, 0.2) is 0 Å². The van der Waals surface area contributed by atoms with Crippen molar-refractivity contribution in [1.29, 1.82) is 0 Å². The zero-order chi connectivity index (χ0) is 14.4. The van der Waals surface area contributed by atoms with E-state index < -0.39 is 0 Å². The van der Waals surface area contributed by atoms with E-state index in [1.54, 1.807) is 19.2 Å². The number of piperidine rings is 1. The molecule has 0 aromatic heterocycles. The Balaban J connectivity index is 0. The monoisotopic (exact) mass is 253 g/mol. The number of hydrogen-bond donors (Lipinski definition) is 1. The van der Waals surface area contributed by atoms with Gasteiger partial charge in [-0.15, -0.1) is 6.58 Å². The average molecular weight is 253 g/mol. The number of amides is 2. The SMILES string of the molecule is C=CCC1CCC(=O)NC1=O.C=N/N=C\C.CC. The molecule has 0 bridgehead atoms. The van der Waals surface area contributed by atoms with Crippen LogP contribution in [0.25, 0.3) is 0 Å². The van der Waals surface area contributed by atoms with Crippen molar-refractivity contribution >= 4 is 24.7 Å². The van der Waals surface area contributed by atoms with Gasteiger partial charge in [-0.1, -0.05) is 19.9 Å². The van der Waals surface area contributed by atoms with Gasteiger partial charge in [-0.05, 0) is 19.8 Å². The average Bonchev–Trinajstić information content (AvgIpc) is 2.37. The third kappa shape index (κ3) is 9.45. The molecule has 0 spiro atoms. The zero-order valence-electron chi connectivity index (χ0n) is 11.5. The lowest BCUT2D eigenvalue weighted by atomic mass is 9.95. The van der Waals surface area contributed by atoms with Gasteiger partial charge in [-0.3, -0.25) is 14.9 Å². The topological polar surface area (TPSA) is 70.9 Å². The molecule has 0 radical (unpaired) electrons. The summed E-state index contributed by atoms with van der Waals surface area (Å²) < 4.78 is 0. The van der Waals surface area contributed by atoms with Crippen molar-refractivity contribution in [1.82, 2.24) is 5.32 Å². The van der Waals surface area contributed by atoms with E-state index in [1.165, 1.54) is 0 Å². The van der Waals surface area contributed by atoms with Gasteiger partial charge in [0.2, 0.25) is 11.8 Å². The van der Waals surface area contributed by atoms with Crippen LogP contribution in [0.3, 0.4) is 0 Å². The minimum atomic E-state index is -0.157. The molecule has 1 fully saturated rings. The Morgan fingerprint density at radius 1 is 1.44 bits per heavy atom. The Morgan fingerprint density at radius 3 is 2.39 bits per heavy atom. The van der Waals surface area contributed by atoms with Crippen molar-refractivity contribution in [3.63, 3.8) is 0 Å². The first kappa shape index (κ1) is 18.6. The number of rotatable bonds is 3. The van der Waals surface area contributed by atoms with Gasteiger partial charge in [0.25, 0.3) is 0 Å². The molecule has 18 heavy (non-hydrogen) atoms. The fourth-order valence-electron chi connectivity index (χ4n) is 1.25. The Kier molecular flexibility index (Phi) is 13.7. The van der Waals surface area contributed by atoms with Crippen LogP contribution in [0.2, 0.25) is 0 Å². The van der Waals surface area contributed by atoms with Crippen molar-refractivity contribution in [2.75, 3.05) is 0 Å². The lowest BCUT2D eigenvalue weighted by Gasteiger charge is -2.18. The molecule has 1 aliphatic heterocycles. The largest absolute Gasteiger partial charge is 0.296 e. The summed E-state index contributed by atoms with van der Waals surface area (Å²) in [5.41, 5.74) is 0. The summed E-state index contributed by atoms with van der Waals surface area (Å²) in [5.74, 6) is -0.346. The summed E-state index contributed by atoms with van der Waals surface area (Å²) >= 11 is 0. The van der Waals surface area contributed by atoms with Gasteiger partial charge in [-0.2, -0.15) is 10.2 Å². The second-order valence-electron chi connectivity index (χ2n) is 3.19. The van der Waals surface area contributed by atoms with Crippen LogP contribution in [0.5, 0.6) is 0 Å². The number of carbonyl (C=O) groups excluding carboxylic acids is 2. The van der Waals surface area contributed by atoms with Gasteiger partial charge in [0, 0.05) is 25.3 Å². The van der Waals surface area contributed by atoms with Gasteiger partial charge in [0.05, 0.1) is 0 Å². The van der Waals surface area contributed by atoms with Gasteiger partial charge in [0.1, 0.15) is 0 Å². The third-order valence-corrected chi connectivity index (χ3v) is 2.00. The van der Waals surface area contributed by atoms with E-state index in [4.69, 9.17) is 0 Å². The van der Waals surface area contributed by atoms with E-state index in [0.29, 0.717) is 19.3 Å². The molecular weight excluding hydrogens is 230 g/mol. The van der Waals surface area contributed by atoms with Crippen LogP contribution >= 0.6 is 0 Å². The zero-order valence-corrected chi connectivity index (χ0v) is 11.5. The second-order valence-corrected chi connectivity index (χ2v) is 3.19. The first-order valence-corrected chi connectivity index (χ1v) is 6.04. The van der Waals surface area contributed by atoms with Crippen LogP contribution in [0.4, 0.5) is 0 Å². The van der Waals surface area contributed by atoms with E-state index in [2.05, 4.69) is 28.8 Å². The number of imide groups is 1. The molecule has 1 aliphatic rings. The van der Waals surface area contributed by atoms with E-state index >= 15 is 0 Å². The maximum atomic E-state index is 11.0. The number of hydrogen-bond acceptors (Lipinski definition) is 4. The predicted molar refractivity (Wildman–Crippen MR) is 75.8 cm³/mol. The van der Waals surface area contributed by atoms with Gasteiger partial charge >= 0.3 is 0 Å². The Bertz CT molecular complexity index is 299. The Hall–Kier alpha value is -1.78. The van der Waals surface area contributed by atoms with E-state index in [9.17, 15) is 9.59 Å². The lowest BCUT2D eigenvalue weighted by Crippen LogP contribution is -2.40. The molecule has 5 heteroatoms. The van der Waals surface area contributed by atoms with Crippen LogP contribution in [-0.2, 0) is 9.59 Å². The second kappa shape index (κ2) is 13.3. The highest BCUT2D eigenvalue weighted by Crippen LogP contribution is 2.15. The Labute approximate surface area is 109 Å². The molecule has 1 rings (SSSR count). The molecule has 1 unspecified atom stereocenters. The van der Waals surface area contributed by atoms with E-state index in [0.717, 1.165) is 0 Å². The Morgan fingerprint density at radius 2 is 2.06 bits per heavy atom. The third-order valence-electron chi connectivity index (χ3n) is 2.00. The molecule has 1 saturated heterocycles. The number of nitrogens with one attached hydrogen (secondary N) is 1. The number of allylic oxidation sites excluding steroid dienone is 1. The quantitative estimate of drug-likeness (QED) is 0.363. The molecule has 0 aromatic rings. The molecule has 2 amide bonds. The summed E-state index contributed by atoms with van der Waals surface area (Å²) in [6, 6.07) is 0. The van der Waals surface area contributed by atoms with E-state index in [-0.39, 0.29) is 17.7 Å². The van der Waals surface area contributed by atoms with Crippen LogP contribution in [0.15, 0.2) is 22.9 Å². The molecule has 102 valence electrons. The summed E-state index contributed by atoms with van der Waals surface area (Å²) in [5, 5.41) is 8.82. The molecule has 1 N–H and O–H groups in total. The molecule has 0 saturated carbocycles. The summed E-state index contributed by atoms with van der Waals surface area (Å²) in [7, 11) is 0. The van der Waals surface area contributed by atoms with Crippen LogP contribution in [0.1, 0.15) is 40.0 Å². The van der Waals surface area contributed by atoms with Crippen molar-refractivity contribution in [2.45, 2.75) is 40.0 Å². The van der Waals surface area contributed by atoms with Crippen molar-refractivity contribution < 1.29 is 9.59 Å². The molecular formula is C13H23N3O2. The molecule has 1 heterocycles. The number of carbonyl (C=O) groups is 2.